The van der Waals surface area contributed by atoms with Crippen LogP contribution in [0.2, 0.25) is 0 Å². The summed E-state index contributed by atoms with van der Waals surface area (Å²) in [7, 11) is 0. The van der Waals surface area contributed by atoms with Gasteiger partial charge in [-0.1, -0.05) is 36.4 Å². The molecule has 1 heterocycles. The summed E-state index contributed by atoms with van der Waals surface area (Å²) >= 11 is 0. The van der Waals surface area contributed by atoms with Crippen LogP contribution in [0.15, 0.2) is 48.5 Å². The van der Waals surface area contributed by atoms with Gasteiger partial charge in [0.1, 0.15) is 5.75 Å². The summed E-state index contributed by atoms with van der Waals surface area (Å²) in [4.78, 5) is 11.8. The highest BCUT2D eigenvalue weighted by molar-refractivity contribution is 5.76. The lowest BCUT2D eigenvalue weighted by atomic mass is 10.1. The number of rotatable bonds is 6. The van der Waals surface area contributed by atoms with Crippen LogP contribution in [0.4, 0.5) is 0 Å². The molecule has 0 aliphatic carbocycles. The van der Waals surface area contributed by atoms with Crippen molar-refractivity contribution in [2.24, 2.45) is 0 Å². The van der Waals surface area contributed by atoms with Gasteiger partial charge in [-0.2, -0.15) is 0 Å². The van der Waals surface area contributed by atoms with Crippen molar-refractivity contribution in [3.63, 3.8) is 0 Å². The van der Waals surface area contributed by atoms with E-state index in [1.54, 1.807) is 0 Å². The van der Waals surface area contributed by atoms with Crippen LogP contribution < -0.4 is 15.4 Å². The molecule has 1 aliphatic heterocycles. The van der Waals surface area contributed by atoms with E-state index in [4.69, 9.17) is 4.74 Å². The second-order valence-corrected chi connectivity index (χ2v) is 5.39. The van der Waals surface area contributed by atoms with Gasteiger partial charge in [0, 0.05) is 19.6 Å². The first-order valence-electron chi connectivity index (χ1n) is 7.57. The molecule has 0 aromatic heterocycles. The highest BCUT2D eigenvalue weighted by atomic mass is 16.5. The summed E-state index contributed by atoms with van der Waals surface area (Å²) in [6.45, 7) is 2.82. The van der Waals surface area contributed by atoms with Crippen LogP contribution in [0.5, 0.6) is 5.75 Å². The number of ether oxygens (including phenoxy) is 1. The number of hydrogen-bond donors (Lipinski definition) is 2. The second kappa shape index (κ2) is 7.09. The van der Waals surface area contributed by atoms with Gasteiger partial charge in [-0.25, -0.2) is 0 Å². The van der Waals surface area contributed by atoms with Crippen LogP contribution in [-0.2, 0) is 24.4 Å². The Labute approximate surface area is 130 Å². The van der Waals surface area contributed by atoms with Crippen molar-refractivity contribution in [3.05, 3.63) is 65.2 Å². The van der Waals surface area contributed by atoms with E-state index in [1.165, 1.54) is 11.1 Å². The number of benzene rings is 2. The average molecular weight is 296 g/mol. The molecule has 2 aromatic carbocycles. The Kier molecular flexibility index (Phi) is 4.71. The smallest absolute Gasteiger partial charge is 0.223 e. The molecule has 2 N–H and O–H groups in total. The fourth-order valence-electron chi connectivity index (χ4n) is 2.53. The summed E-state index contributed by atoms with van der Waals surface area (Å²) in [6.07, 6.45) is 0.362. The van der Waals surface area contributed by atoms with Gasteiger partial charge in [0.25, 0.3) is 0 Å². The maximum Gasteiger partial charge on any atom is 0.223 e. The fourth-order valence-corrected chi connectivity index (χ4v) is 2.53. The van der Waals surface area contributed by atoms with Crippen LogP contribution in [0.25, 0.3) is 0 Å². The summed E-state index contributed by atoms with van der Waals surface area (Å²) < 4.78 is 5.52. The highest BCUT2D eigenvalue weighted by Crippen LogP contribution is 2.16. The largest absolute Gasteiger partial charge is 0.493 e. The first kappa shape index (κ1) is 14.6. The Hall–Kier alpha value is -2.33. The molecule has 0 unspecified atom stereocenters. The molecule has 1 aliphatic rings. The molecule has 3 rings (SSSR count). The number of carbonyl (C=O) groups excluding carboxylic acids is 1. The minimum Gasteiger partial charge on any atom is -0.493 e. The van der Waals surface area contributed by atoms with Gasteiger partial charge in [-0.3, -0.25) is 4.79 Å². The van der Waals surface area contributed by atoms with Crippen molar-refractivity contribution < 1.29 is 9.53 Å². The first-order valence-corrected chi connectivity index (χ1v) is 7.57. The molecule has 0 saturated heterocycles. The molecular formula is C18H20N2O2. The van der Waals surface area contributed by atoms with Crippen LogP contribution in [0.3, 0.4) is 0 Å². The Morgan fingerprint density at radius 3 is 2.77 bits per heavy atom. The molecule has 4 heteroatoms. The summed E-state index contributed by atoms with van der Waals surface area (Å²) in [5.41, 5.74) is 3.82. The van der Waals surface area contributed by atoms with Gasteiger partial charge in [-0.05, 0) is 28.8 Å². The molecule has 0 radical (unpaired) electrons. The second-order valence-electron chi connectivity index (χ2n) is 5.39. The fraction of sp³-hybridized carbons (Fsp3) is 0.278. The number of para-hydroxylation sites is 1. The highest BCUT2D eigenvalue weighted by Gasteiger charge is 2.10. The number of carbonyl (C=O) groups is 1. The number of hydrogen-bond acceptors (Lipinski definition) is 3. The van der Waals surface area contributed by atoms with E-state index in [0.29, 0.717) is 19.6 Å². The molecule has 114 valence electrons. The SMILES string of the molecule is O=C(CCOc1ccccc1)NCc1ccc2c(c1)CNC2. The van der Waals surface area contributed by atoms with E-state index in [1.807, 2.05) is 30.3 Å². The molecule has 22 heavy (non-hydrogen) atoms. The van der Waals surface area contributed by atoms with Gasteiger partial charge in [0.05, 0.1) is 13.0 Å². The van der Waals surface area contributed by atoms with Crippen molar-refractivity contribution in [2.45, 2.75) is 26.1 Å². The molecular weight excluding hydrogens is 276 g/mol. The van der Waals surface area contributed by atoms with Crippen LogP contribution >= 0.6 is 0 Å². The van der Waals surface area contributed by atoms with Gasteiger partial charge in [-0.15, -0.1) is 0 Å². The molecule has 1 amide bonds. The van der Waals surface area contributed by atoms with Gasteiger partial charge in [0.2, 0.25) is 5.91 Å². The Bertz CT molecular complexity index is 641. The van der Waals surface area contributed by atoms with Crippen molar-refractivity contribution in [1.29, 1.82) is 0 Å². The minimum atomic E-state index is 0.00885. The summed E-state index contributed by atoms with van der Waals surface area (Å²) in [5.74, 6) is 0.802. The molecule has 0 saturated carbocycles. The standard InChI is InChI=1S/C18H20N2O2/c21-18(8-9-22-17-4-2-1-3-5-17)20-11-14-6-7-15-12-19-13-16(15)10-14/h1-7,10,19H,8-9,11-13H2,(H,20,21). The van der Waals surface area contributed by atoms with Crippen LogP contribution in [0, 0.1) is 0 Å². The van der Waals surface area contributed by atoms with Crippen molar-refractivity contribution in [3.8, 4) is 5.75 Å². The zero-order valence-corrected chi connectivity index (χ0v) is 12.5. The van der Waals surface area contributed by atoms with E-state index in [2.05, 4.69) is 28.8 Å². The Morgan fingerprint density at radius 2 is 1.91 bits per heavy atom. The maximum atomic E-state index is 11.8. The van der Waals surface area contributed by atoms with Crippen molar-refractivity contribution in [1.82, 2.24) is 10.6 Å². The quantitative estimate of drug-likeness (QED) is 0.860. The van der Waals surface area contributed by atoms with Gasteiger partial charge < -0.3 is 15.4 Å². The topological polar surface area (TPSA) is 50.4 Å². The number of fused-ring (bicyclic) bond motifs is 1. The molecule has 4 nitrogen and oxygen atoms in total. The zero-order valence-electron chi connectivity index (χ0n) is 12.5. The van der Waals surface area contributed by atoms with Crippen LogP contribution in [-0.4, -0.2) is 12.5 Å². The van der Waals surface area contributed by atoms with E-state index in [-0.39, 0.29) is 5.91 Å². The zero-order chi connectivity index (χ0) is 15.2. The number of nitrogens with one attached hydrogen (secondary N) is 2. The maximum absolute atomic E-state index is 11.8. The predicted molar refractivity (Wildman–Crippen MR) is 85.4 cm³/mol. The lowest BCUT2D eigenvalue weighted by Gasteiger charge is -2.08. The first-order chi connectivity index (χ1) is 10.8. The molecule has 2 aromatic rings. The summed E-state index contributed by atoms with van der Waals surface area (Å²) in [6, 6.07) is 15.9. The molecule has 0 atom stereocenters. The summed E-state index contributed by atoms with van der Waals surface area (Å²) in [5, 5.41) is 6.26. The van der Waals surface area contributed by atoms with E-state index >= 15 is 0 Å². The lowest BCUT2D eigenvalue weighted by Crippen LogP contribution is -2.24. The Morgan fingerprint density at radius 1 is 1.09 bits per heavy atom. The third-order valence-corrected chi connectivity index (χ3v) is 3.73. The van der Waals surface area contributed by atoms with E-state index in [9.17, 15) is 4.79 Å². The molecule has 0 spiro atoms. The molecule has 0 fully saturated rings. The Balaban J connectivity index is 1.41. The lowest BCUT2D eigenvalue weighted by molar-refractivity contribution is -0.121. The van der Waals surface area contributed by atoms with E-state index in [0.717, 1.165) is 24.4 Å². The van der Waals surface area contributed by atoms with Gasteiger partial charge in [0.15, 0.2) is 0 Å². The number of amides is 1. The normalized spacial score (nSPS) is 12.7. The minimum absolute atomic E-state index is 0.00885. The van der Waals surface area contributed by atoms with Crippen molar-refractivity contribution >= 4 is 5.91 Å². The third-order valence-electron chi connectivity index (χ3n) is 3.73. The molecule has 0 bridgehead atoms. The monoisotopic (exact) mass is 296 g/mol. The van der Waals surface area contributed by atoms with Crippen molar-refractivity contribution in [2.75, 3.05) is 6.61 Å². The van der Waals surface area contributed by atoms with E-state index < -0.39 is 0 Å². The van der Waals surface area contributed by atoms with Crippen LogP contribution in [0.1, 0.15) is 23.1 Å². The van der Waals surface area contributed by atoms with Gasteiger partial charge >= 0.3 is 0 Å². The average Bonchev–Trinajstić information content (AvgIpc) is 3.01. The predicted octanol–water partition coefficient (Wildman–Crippen LogP) is 2.38. The third kappa shape index (κ3) is 3.86.